The molecule has 46 heavy (non-hydrogen) atoms. The number of hydrogen-bond acceptors (Lipinski definition) is 7. The van der Waals surface area contributed by atoms with Crippen LogP contribution in [0.15, 0.2) is 88.7 Å². The molecule has 2 aliphatic heterocycles. The Morgan fingerprint density at radius 2 is 1.59 bits per heavy atom. The van der Waals surface area contributed by atoms with Crippen LogP contribution in [0.2, 0.25) is 0 Å². The number of methoxy groups -OCH3 is 1. The molecule has 1 N–H and O–H groups in total. The molecule has 1 amide bonds. The van der Waals surface area contributed by atoms with Crippen molar-refractivity contribution in [1.29, 1.82) is 5.26 Å². The molecule has 3 aromatic carbocycles. The number of ether oxygens (including phenoxy) is 1. The lowest BCUT2D eigenvalue weighted by atomic mass is 9.59. The van der Waals surface area contributed by atoms with Crippen LogP contribution in [0.1, 0.15) is 37.7 Å². The molecule has 10 heteroatoms. The molecule has 3 fully saturated rings. The van der Waals surface area contributed by atoms with Crippen LogP contribution in [-0.4, -0.2) is 65.3 Å². The first kappa shape index (κ1) is 32.0. The van der Waals surface area contributed by atoms with Crippen LogP contribution in [0.4, 0.5) is 14.9 Å². The smallest absolute Gasteiger partial charge is 0.407 e. The first-order valence-corrected chi connectivity index (χ1v) is 17.6. The van der Waals surface area contributed by atoms with E-state index in [1.54, 1.807) is 12.1 Å². The maximum atomic E-state index is 13.3. The van der Waals surface area contributed by atoms with Crippen molar-refractivity contribution in [2.75, 3.05) is 44.7 Å². The molecule has 8 nitrogen and oxygen atoms in total. The SMILES string of the molecule is COC(=O)N[C@H]1CCC[C@@H]1C(C#N)(c1ccccc1)C1CCN(CC2CN(c3ccc(S(=O)(=O)c4ccc(F)cc4)cc3)C2)CC1. The molecule has 3 aliphatic rings. The zero-order chi connectivity index (χ0) is 32.3. The van der Waals surface area contributed by atoms with E-state index < -0.39 is 27.2 Å². The lowest BCUT2D eigenvalue weighted by Crippen LogP contribution is -2.55. The maximum absolute atomic E-state index is 13.3. The third-order valence-electron chi connectivity index (χ3n) is 10.4. The number of carbonyl (C=O) groups is 1. The fourth-order valence-corrected chi connectivity index (χ4v) is 9.27. The average Bonchev–Trinajstić information content (AvgIpc) is 3.52. The van der Waals surface area contributed by atoms with Crippen LogP contribution in [0.5, 0.6) is 0 Å². The van der Waals surface area contributed by atoms with E-state index in [1.165, 1.54) is 19.2 Å². The molecule has 242 valence electrons. The highest BCUT2D eigenvalue weighted by Crippen LogP contribution is 2.50. The van der Waals surface area contributed by atoms with Gasteiger partial charge in [0.15, 0.2) is 0 Å². The zero-order valence-electron chi connectivity index (χ0n) is 26.1. The van der Waals surface area contributed by atoms with E-state index in [2.05, 4.69) is 33.3 Å². The minimum atomic E-state index is -3.70. The number of amides is 1. The average molecular weight is 645 g/mol. The van der Waals surface area contributed by atoms with Crippen molar-refractivity contribution in [2.24, 2.45) is 17.8 Å². The Bertz CT molecular complexity index is 1650. The Morgan fingerprint density at radius 1 is 0.957 bits per heavy atom. The summed E-state index contributed by atoms with van der Waals surface area (Å²) < 4.78 is 44.1. The summed E-state index contributed by atoms with van der Waals surface area (Å²) in [7, 11) is -2.32. The first-order valence-electron chi connectivity index (χ1n) is 16.1. The molecular formula is C36H41FN4O4S. The molecule has 0 bridgehead atoms. The van der Waals surface area contributed by atoms with E-state index in [-0.39, 0.29) is 27.7 Å². The highest BCUT2D eigenvalue weighted by molar-refractivity contribution is 7.91. The Labute approximate surface area is 271 Å². The minimum absolute atomic E-state index is 0.0211. The lowest BCUT2D eigenvalue weighted by Gasteiger charge is -2.48. The minimum Gasteiger partial charge on any atom is -0.453 e. The van der Waals surface area contributed by atoms with Gasteiger partial charge in [-0.05, 0) is 98.8 Å². The number of rotatable bonds is 9. The fourth-order valence-electron chi connectivity index (χ4n) is 8.01. The summed E-state index contributed by atoms with van der Waals surface area (Å²) in [5.74, 6) is 0.245. The number of nitriles is 1. The van der Waals surface area contributed by atoms with Gasteiger partial charge in [0.2, 0.25) is 9.84 Å². The molecule has 0 aromatic heterocycles. The third kappa shape index (κ3) is 6.23. The fraction of sp³-hybridized carbons (Fsp3) is 0.444. The van der Waals surface area contributed by atoms with Gasteiger partial charge in [-0.25, -0.2) is 17.6 Å². The van der Waals surface area contributed by atoms with Crippen LogP contribution < -0.4 is 10.2 Å². The molecule has 3 aromatic rings. The van der Waals surface area contributed by atoms with E-state index in [1.807, 2.05) is 30.3 Å². The normalized spacial score (nSPS) is 22.4. The summed E-state index contributed by atoms with van der Waals surface area (Å²) in [4.78, 5) is 17.2. The number of sulfone groups is 1. The van der Waals surface area contributed by atoms with E-state index in [0.29, 0.717) is 5.92 Å². The quantitative estimate of drug-likeness (QED) is 0.294. The zero-order valence-corrected chi connectivity index (χ0v) is 27.0. The molecule has 6 rings (SSSR count). The summed E-state index contributed by atoms with van der Waals surface area (Å²) in [6.07, 6.45) is 4.12. The summed E-state index contributed by atoms with van der Waals surface area (Å²) in [6.45, 7) is 4.64. The standard InChI is InChI=1S/C36H41FN4O4S/c1-45-35(42)39-34-9-5-8-33(34)36(25-38,27-6-3-2-4-7-27)28-18-20-40(21-19-28)22-26-23-41(24-26)30-12-16-32(17-13-30)46(43,44)31-14-10-29(37)11-15-31/h2-4,6-7,10-17,26,28,33-34H,5,8-9,18-24H2,1H3,(H,39,42)/t33-,34-,36?/m0/s1. The Kier molecular flexibility index (Phi) is 9.34. The van der Waals surface area contributed by atoms with Crippen LogP contribution in [0.3, 0.4) is 0 Å². The molecule has 2 heterocycles. The number of piperidine rings is 1. The Morgan fingerprint density at radius 3 is 2.20 bits per heavy atom. The Balaban J connectivity index is 1.06. The van der Waals surface area contributed by atoms with Crippen LogP contribution in [0.25, 0.3) is 0 Å². The van der Waals surface area contributed by atoms with Gasteiger partial charge in [-0.3, -0.25) is 0 Å². The van der Waals surface area contributed by atoms with Gasteiger partial charge in [-0.1, -0.05) is 36.8 Å². The van der Waals surface area contributed by atoms with Crippen molar-refractivity contribution in [3.8, 4) is 6.07 Å². The van der Waals surface area contributed by atoms with Gasteiger partial charge in [0.05, 0.1) is 28.4 Å². The monoisotopic (exact) mass is 644 g/mol. The lowest BCUT2D eigenvalue weighted by molar-refractivity contribution is 0.0939. The summed E-state index contributed by atoms with van der Waals surface area (Å²) in [5.41, 5.74) is 1.35. The number of carbonyl (C=O) groups excluding carboxylic acids is 1. The number of nitrogens with one attached hydrogen (secondary N) is 1. The van der Waals surface area contributed by atoms with Gasteiger partial charge >= 0.3 is 6.09 Å². The number of benzene rings is 3. The van der Waals surface area contributed by atoms with Crippen molar-refractivity contribution in [2.45, 2.75) is 53.4 Å². The molecule has 2 saturated heterocycles. The highest BCUT2D eigenvalue weighted by Gasteiger charge is 2.52. The van der Waals surface area contributed by atoms with Gasteiger partial charge < -0.3 is 19.9 Å². The third-order valence-corrected chi connectivity index (χ3v) is 12.2. The van der Waals surface area contributed by atoms with Gasteiger partial charge in [0.25, 0.3) is 0 Å². The van der Waals surface area contributed by atoms with Crippen LogP contribution in [-0.2, 0) is 20.0 Å². The maximum Gasteiger partial charge on any atom is 0.407 e. The number of nitrogens with zero attached hydrogens (tertiary/aromatic N) is 3. The van der Waals surface area contributed by atoms with Gasteiger partial charge in [-0.2, -0.15) is 5.26 Å². The highest BCUT2D eigenvalue weighted by atomic mass is 32.2. The Hall–Kier alpha value is -3.94. The number of halogens is 1. The van der Waals surface area contributed by atoms with Crippen LogP contribution in [0, 0.1) is 34.9 Å². The topological polar surface area (TPSA) is 103 Å². The second kappa shape index (κ2) is 13.4. The van der Waals surface area contributed by atoms with Crippen molar-refractivity contribution >= 4 is 21.6 Å². The summed E-state index contributed by atoms with van der Waals surface area (Å²) >= 11 is 0. The first-order chi connectivity index (χ1) is 22.2. The molecule has 0 spiro atoms. The second-order valence-electron chi connectivity index (χ2n) is 12.9. The number of likely N-dealkylation sites (tertiary alicyclic amines) is 1. The largest absolute Gasteiger partial charge is 0.453 e. The van der Waals surface area contributed by atoms with Gasteiger partial charge in [0, 0.05) is 43.2 Å². The van der Waals surface area contributed by atoms with Gasteiger partial charge in [0.1, 0.15) is 5.82 Å². The predicted octanol–water partition coefficient (Wildman–Crippen LogP) is 5.79. The van der Waals surface area contributed by atoms with Gasteiger partial charge in [-0.15, -0.1) is 0 Å². The van der Waals surface area contributed by atoms with Crippen molar-refractivity contribution in [3.05, 3.63) is 90.2 Å². The second-order valence-corrected chi connectivity index (χ2v) is 14.9. The molecule has 1 aliphatic carbocycles. The number of anilines is 1. The molecule has 0 radical (unpaired) electrons. The van der Waals surface area contributed by atoms with E-state index in [0.717, 1.165) is 88.2 Å². The molecule has 3 atom stereocenters. The summed E-state index contributed by atoms with van der Waals surface area (Å²) in [6, 6.07) is 24.7. The van der Waals surface area contributed by atoms with E-state index in [4.69, 9.17) is 4.74 Å². The number of hydrogen-bond donors (Lipinski definition) is 1. The van der Waals surface area contributed by atoms with E-state index >= 15 is 0 Å². The summed E-state index contributed by atoms with van der Waals surface area (Å²) in [5, 5.41) is 14.0. The van der Waals surface area contributed by atoms with Crippen molar-refractivity contribution in [3.63, 3.8) is 0 Å². The molecule has 1 saturated carbocycles. The van der Waals surface area contributed by atoms with Crippen molar-refractivity contribution < 1.29 is 22.3 Å². The molecular weight excluding hydrogens is 603 g/mol. The van der Waals surface area contributed by atoms with Crippen molar-refractivity contribution in [1.82, 2.24) is 10.2 Å². The van der Waals surface area contributed by atoms with Crippen LogP contribution >= 0.6 is 0 Å². The molecule has 1 unspecified atom stereocenters. The number of alkyl carbamates (subject to hydrolysis) is 1. The van der Waals surface area contributed by atoms with E-state index in [9.17, 15) is 22.9 Å². The predicted molar refractivity (Wildman–Crippen MR) is 174 cm³/mol.